The standard InChI is InChI=1S/C6H12O2/c1-2-7-8-6-4-3-5-6/h6H,2-5H2,1H3. The maximum absolute atomic E-state index is 4.93. The van der Waals surface area contributed by atoms with Gasteiger partial charge in [-0.05, 0) is 26.2 Å². The van der Waals surface area contributed by atoms with Crippen molar-refractivity contribution >= 4 is 0 Å². The second-order valence-electron chi connectivity index (χ2n) is 2.06. The Morgan fingerprint density at radius 3 is 2.62 bits per heavy atom. The number of hydrogen-bond donors (Lipinski definition) is 0. The minimum atomic E-state index is 0.412. The van der Waals surface area contributed by atoms with E-state index >= 15 is 0 Å². The van der Waals surface area contributed by atoms with Gasteiger partial charge in [0.2, 0.25) is 0 Å². The lowest BCUT2D eigenvalue weighted by atomic mass is 9.97. The maximum Gasteiger partial charge on any atom is 0.0930 e. The van der Waals surface area contributed by atoms with Crippen LogP contribution in [0.2, 0.25) is 0 Å². The van der Waals surface area contributed by atoms with Crippen LogP contribution in [0.15, 0.2) is 0 Å². The van der Waals surface area contributed by atoms with Crippen LogP contribution in [0.3, 0.4) is 0 Å². The highest BCUT2D eigenvalue weighted by Gasteiger charge is 2.18. The van der Waals surface area contributed by atoms with E-state index in [2.05, 4.69) is 0 Å². The zero-order valence-corrected chi connectivity index (χ0v) is 5.22. The maximum atomic E-state index is 4.93. The minimum absolute atomic E-state index is 0.412. The molecule has 0 unspecified atom stereocenters. The van der Waals surface area contributed by atoms with Crippen molar-refractivity contribution in [2.75, 3.05) is 6.61 Å². The summed E-state index contributed by atoms with van der Waals surface area (Å²) in [5, 5.41) is 0. The molecular formula is C6H12O2. The van der Waals surface area contributed by atoms with E-state index in [-0.39, 0.29) is 0 Å². The molecule has 0 aromatic rings. The molecule has 0 spiro atoms. The summed E-state index contributed by atoms with van der Waals surface area (Å²) in [6.07, 6.45) is 4.08. The fourth-order valence-electron chi connectivity index (χ4n) is 0.631. The predicted molar refractivity (Wildman–Crippen MR) is 30.3 cm³/mol. The lowest BCUT2D eigenvalue weighted by Gasteiger charge is -2.23. The molecule has 1 aliphatic carbocycles. The molecule has 0 heterocycles. The van der Waals surface area contributed by atoms with Crippen LogP contribution in [-0.2, 0) is 9.78 Å². The molecule has 48 valence electrons. The van der Waals surface area contributed by atoms with Crippen LogP contribution in [0.4, 0.5) is 0 Å². The van der Waals surface area contributed by atoms with Crippen LogP contribution < -0.4 is 0 Å². The number of hydrogen-bond acceptors (Lipinski definition) is 2. The highest BCUT2D eigenvalue weighted by Crippen LogP contribution is 2.21. The van der Waals surface area contributed by atoms with E-state index in [0.29, 0.717) is 12.7 Å². The summed E-state index contributed by atoms with van der Waals surface area (Å²) < 4.78 is 0. The van der Waals surface area contributed by atoms with Crippen molar-refractivity contribution in [2.45, 2.75) is 32.3 Å². The van der Waals surface area contributed by atoms with Gasteiger partial charge in [-0.3, -0.25) is 0 Å². The smallest absolute Gasteiger partial charge is 0.0930 e. The summed E-state index contributed by atoms with van der Waals surface area (Å²) in [5.74, 6) is 0. The summed E-state index contributed by atoms with van der Waals surface area (Å²) in [4.78, 5) is 9.66. The van der Waals surface area contributed by atoms with Gasteiger partial charge in [0, 0.05) is 0 Å². The van der Waals surface area contributed by atoms with E-state index in [9.17, 15) is 0 Å². The molecule has 0 aliphatic heterocycles. The van der Waals surface area contributed by atoms with Gasteiger partial charge in [0.1, 0.15) is 0 Å². The molecule has 1 rings (SSSR count). The molecule has 8 heavy (non-hydrogen) atoms. The lowest BCUT2D eigenvalue weighted by molar-refractivity contribution is -0.333. The Balaban J connectivity index is 1.86. The predicted octanol–water partition coefficient (Wildman–Crippen LogP) is 1.51. The first-order valence-electron chi connectivity index (χ1n) is 3.21. The van der Waals surface area contributed by atoms with Gasteiger partial charge < -0.3 is 0 Å². The molecular weight excluding hydrogens is 104 g/mol. The highest BCUT2D eigenvalue weighted by atomic mass is 17.2. The fourth-order valence-corrected chi connectivity index (χ4v) is 0.631. The van der Waals surface area contributed by atoms with Crippen LogP contribution in [-0.4, -0.2) is 12.7 Å². The second-order valence-corrected chi connectivity index (χ2v) is 2.06. The van der Waals surface area contributed by atoms with E-state index in [1.165, 1.54) is 19.3 Å². The molecule has 0 aromatic carbocycles. The Kier molecular flexibility index (Phi) is 2.30. The van der Waals surface area contributed by atoms with E-state index in [4.69, 9.17) is 9.78 Å². The third-order valence-electron chi connectivity index (χ3n) is 1.37. The zero-order chi connectivity index (χ0) is 5.82. The van der Waals surface area contributed by atoms with Gasteiger partial charge in [-0.15, -0.1) is 0 Å². The summed E-state index contributed by atoms with van der Waals surface area (Å²) >= 11 is 0. The second kappa shape index (κ2) is 3.05. The van der Waals surface area contributed by atoms with Crippen LogP contribution in [0.1, 0.15) is 26.2 Å². The molecule has 2 heteroatoms. The molecule has 0 bridgehead atoms. The van der Waals surface area contributed by atoms with Crippen LogP contribution >= 0.6 is 0 Å². The zero-order valence-electron chi connectivity index (χ0n) is 5.22. The Hall–Kier alpha value is -0.0800. The van der Waals surface area contributed by atoms with Crippen molar-refractivity contribution < 1.29 is 9.78 Å². The van der Waals surface area contributed by atoms with Gasteiger partial charge in [-0.2, -0.15) is 0 Å². The molecule has 1 fully saturated rings. The molecule has 0 radical (unpaired) electrons. The third-order valence-corrected chi connectivity index (χ3v) is 1.37. The molecule has 1 saturated carbocycles. The third kappa shape index (κ3) is 1.46. The monoisotopic (exact) mass is 116 g/mol. The van der Waals surface area contributed by atoms with Gasteiger partial charge in [-0.1, -0.05) is 0 Å². The first-order chi connectivity index (χ1) is 3.93. The van der Waals surface area contributed by atoms with Crippen molar-refractivity contribution in [3.63, 3.8) is 0 Å². The first-order valence-corrected chi connectivity index (χ1v) is 3.21. The van der Waals surface area contributed by atoms with Crippen molar-refractivity contribution in [3.8, 4) is 0 Å². The van der Waals surface area contributed by atoms with Gasteiger partial charge in [0.25, 0.3) is 0 Å². The Morgan fingerprint density at radius 2 is 2.25 bits per heavy atom. The minimum Gasteiger partial charge on any atom is -0.237 e. The highest BCUT2D eigenvalue weighted by molar-refractivity contribution is 4.66. The summed E-state index contributed by atoms with van der Waals surface area (Å²) in [6, 6.07) is 0. The Bertz CT molecular complexity index is 59.5. The summed E-state index contributed by atoms with van der Waals surface area (Å²) in [7, 11) is 0. The topological polar surface area (TPSA) is 18.5 Å². The van der Waals surface area contributed by atoms with E-state index in [1.54, 1.807) is 0 Å². The molecule has 0 amide bonds. The Morgan fingerprint density at radius 1 is 1.50 bits per heavy atom. The average molecular weight is 116 g/mol. The largest absolute Gasteiger partial charge is 0.237 e. The first kappa shape index (κ1) is 6.05. The molecule has 1 aliphatic rings. The van der Waals surface area contributed by atoms with E-state index in [1.807, 2.05) is 6.92 Å². The van der Waals surface area contributed by atoms with Gasteiger partial charge in [0.05, 0.1) is 12.7 Å². The van der Waals surface area contributed by atoms with Gasteiger partial charge in [0.15, 0.2) is 0 Å². The summed E-state index contributed by atoms with van der Waals surface area (Å²) in [6.45, 7) is 2.59. The SMILES string of the molecule is CCOOC1CCC1. The van der Waals surface area contributed by atoms with E-state index in [0.717, 1.165) is 0 Å². The molecule has 0 saturated heterocycles. The molecule has 0 aromatic heterocycles. The quantitative estimate of drug-likeness (QED) is 0.411. The summed E-state index contributed by atoms with van der Waals surface area (Å²) in [5.41, 5.74) is 0. The fraction of sp³-hybridized carbons (Fsp3) is 1.00. The van der Waals surface area contributed by atoms with Crippen molar-refractivity contribution in [1.82, 2.24) is 0 Å². The van der Waals surface area contributed by atoms with Gasteiger partial charge >= 0.3 is 0 Å². The normalized spacial score (nSPS) is 20.6. The van der Waals surface area contributed by atoms with E-state index < -0.39 is 0 Å². The van der Waals surface area contributed by atoms with Crippen LogP contribution in [0.25, 0.3) is 0 Å². The lowest BCUT2D eigenvalue weighted by Crippen LogP contribution is -2.21. The van der Waals surface area contributed by atoms with Crippen molar-refractivity contribution in [3.05, 3.63) is 0 Å². The Labute approximate surface area is 49.7 Å². The van der Waals surface area contributed by atoms with Gasteiger partial charge in [-0.25, -0.2) is 9.78 Å². The molecule has 0 atom stereocenters. The molecule has 0 N–H and O–H groups in total. The average Bonchev–Trinajstić information content (AvgIpc) is 1.63. The molecule has 2 nitrogen and oxygen atoms in total. The van der Waals surface area contributed by atoms with Crippen molar-refractivity contribution in [2.24, 2.45) is 0 Å². The number of rotatable bonds is 3. The van der Waals surface area contributed by atoms with Crippen LogP contribution in [0, 0.1) is 0 Å². The van der Waals surface area contributed by atoms with Crippen molar-refractivity contribution in [1.29, 1.82) is 0 Å². The van der Waals surface area contributed by atoms with Crippen LogP contribution in [0.5, 0.6) is 0 Å².